The Morgan fingerprint density at radius 3 is 2.71 bits per heavy atom. The van der Waals surface area contributed by atoms with E-state index in [1.165, 1.54) is 6.07 Å². The lowest BCUT2D eigenvalue weighted by Crippen LogP contribution is -2.38. The van der Waals surface area contributed by atoms with Crippen molar-refractivity contribution in [3.63, 3.8) is 0 Å². The monoisotopic (exact) mass is 333 g/mol. The molecule has 0 radical (unpaired) electrons. The SMILES string of the molecule is CN=C(NCCc1cccc(OC)c1)NCc1cc(F)ccc1F. The fourth-order valence-electron chi connectivity index (χ4n) is 2.23. The number of rotatable bonds is 6. The molecule has 2 aromatic rings. The van der Waals surface area contributed by atoms with Crippen LogP contribution in [0.4, 0.5) is 8.78 Å². The molecular formula is C18H21F2N3O. The van der Waals surface area contributed by atoms with Crippen molar-refractivity contribution in [2.24, 2.45) is 4.99 Å². The van der Waals surface area contributed by atoms with Crippen LogP contribution < -0.4 is 15.4 Å². The summed E-state index contributed by atoms with van der Waals surface area (Å²) in [6.07, 6.45) is 0.784. The summed E-state index contributed by atoms with van der Waals surface area (Å²) in [5.74, 6) is 0.433. The summed E-state index contributed by atoms with van der Waals surface area (Å²) in [6.45, 7) is 0.806. The molecule has 2 aromatic carbocycles. The number of halogens is 2. The normalized spacial score (nSPS) is 11.2. The van der Waals surface area contributed by atoms with Gasteiger partial charge >= 0.3 is 0 Å². The quantitative estimate of drug-likeness (QED) is 0.631. The molecule has 0 spiro atoms. The van der Waals surface area contributed by atoms with Crippen molar-refractivity contribution in [3.8, 4) is 5.75 Å². The molecule has 0 aliphatic rings. The van der Waals surface area contributed by atoms with Crippen molar-refractivity contribution >= 4 is 5.96 Å². The summed E-state index contributed by atoms with van der Waals surface area (Å²) < 4.78 is 31.9. The Hall–Kier alpha value is -2.63. The van der Waals surface area contributed by atoms with E-state index in [1.54, 1.807) is 14.2 Å². The minimum absolute atomic E-state index is 0.155. The number of methoxy groups -OCH3 is 1. The Morgan fingerprint density at radius 1 is 1.12 bits per heavy atom. The van der Waals surface area contributed by atoms with Crippen LogP contribution in [-0.2, 0) is 13.0 Å². The van der Waals surface area contributed by atoms with E-state index in [0.717, 1.165) is 29.9 Å². The molecule has 0 atom stereocenters. The third kappa shape index (κ3) is 5.22. The van der Waals surface area contributed by atoms with Gasteiger partial charge in [0.25, 0.3) is 0 Å². The predicted molar refractivity (Wildman–Crippen MR) is 91.3 cm³/mol. The second kappa shape index (κ2) is 8.86. The lowest BCUT2D eigenvalue weighted by molar-refractivity contribution is 0.414. The van der Waals surface area contributed by atoms with Gasteiger partial charge in [-0.3, -0.25) is 4.99 Å². The maximum Gasteiger partial charge on any atom is 0.191 e. The molecule has 0 aliphatic heterocycles. The van der Waals surface area contributed by atoms with Gasteiger partial charge in [0.1, 0.15) is 17.4 Å². The first-order valence-electron chi connectivity index (χ1n) is 7.63. The summed E-state index contributed by atoms with van der Waals surface area (Å²) in [5.41, 5.74) is 1.39. The van der Waals surface area contributed by atoms with E-state index >= 15 is 0 Å². The zero-order valence-corrected chi connectivity index (χ0v) is 13.8. The van der Waals surface area contributed by atoms with Gasteiger partial charge in [0.05, 0.1) is 7.11 Å². The van der Waals surface area contributed by atoms with Gasteiger partial charge in [-0.2, -0.15) is 0 Å². The van der Waals surface area contributed by atoms with Gasteiger partial charge in [-0.1, -0.05) is 12.1 Å². The minimum atomic E-state index is -0.464. The Morgan fingerprint density at radius 2 is 1.96 bits per heavy atom. The molecule has 0 bridgehead atoms. The molecule has 24 heavy (non-hydrogen) atoms. The molecule has 128 valence electrons. The number of guanidine groups is 1. The molecule has 0 fully saturated rings. The molecular weight excluding hydrogens is 312 g/mol. The molecule has 0 aliphatic carbocycles. The van der Waals surface area contributed by atoms with Crippen molar-refractivity contribution < 1.29 is 13.5 Å². The number of hydrogen-bond donors (Lipinski definition) is 2. The fraction of sp³-hybridized carbons (Fsp3) is 0.278. The first kappa shape index (κ1) is 17.7. The van der Waals surface area contributed by atoms with Crippen LogP contribution in [0.25, 0.3) is 0 Å². The highest BCUT2D eigenvalue weighted by Crippen LogP contribution is 2.12. The topological polar surface area (TPSA) is 45.7 Å². The summed E-state index contributed by atoms with van der Waals surface area (Å²) in [7, 11) is 3.26. The van der Waals surface area contributed by atoms with Gasteiger partial charge in [-0.15, -0.1) is 0 Å². The van der Waals surface area contributed by atoms with E-state index in [1.807, 2.05) is 24.3 Å². The van der Waals surface area contributed by atoms with E-state index in [9.17, 15) is 8.78 Å². The number of nitrogens with zero attached hydrogens (tertiary/aromatic N) is 1. The highest BCUT2D eigenvalue weighted by atomic mass is 19.1. The average molecular weight is 333 g/mol. The maximum absolute atomic E-state index is 13.6. The largest absolute Gasteiger partial charge is 0.497 e. The van der Waals surface area contributed by atoms with Gasteiger partial charge in [-0.25, -0.2) is 8.78 Å². The van der Waals surface area contributed by atoms with E-state index < -0.39 is 11.6 Å². The molecule has 0 saturated heterocycles. The standard InChI is InChI=1S/C18H21F2N3O/c1-21-18(23-12-14-11-15(19)6-7-17(14)20)22-9-8-13-4-3-5-16(10-13)24-2/h3-7,10-11H,8-9,12H2,1-2H3,(H2,21,22,23). The van der Waals surface area contributed by atoms with Crippen molar-refractivity contribution in [1.82, 2.24) is 10.6 Å². The third-order valence-electron chi connectivity index (χ3n) is 3.52. The Labute approximate surface area is 140 Å². The van der Waals surface area contributed by atoms with Gasteiger partial charge in [0.15, 0.2) is 5.96 Å². The van der Waals surface area contributed by atoms with Crippen LogP contribution in [0.2, 0.25) is 0 Å². The van der Waals surface area contributed by atoms with Crippen molar-refractivity contribution in [2.45, 2.75) is 13.0 Å². The second-order valence-corrected chi connectivity index (χ2v) is 5.19. The first-order chi connectivity index (χ1) is 11.6. The lowest BCUT2D eigenvalue weighted by Gasteiger charge is -2.12. The number of nitrogens with one attached hydrogen (secondary N) is 2. The van der Waals surface area contributed by atoms with Gasteiger partial charge < -0.3 is 15.4 Å². The van der Waals surface area contributed by atoms with Crippen LogP contribution in [0.3, 0.4) is 0 Å². The molecule has 6 heteroatoms. The first-order valence-corrected chi connectivity index (χ1v) is 7.63. The highest BCUT2D eigenvalue weighted by Gasteiger charge is 2.05. The molecule has 0 unspecified atom stereocenters. The van der Waals surface area contributed by atoms with Gasteiger partial charge in [-0.05, 0) is 42.3 Å². The number of ether oxygens (including phenoxy) is 1. The number of benzene rings is 2. The second-order valence-electron chi connectivity index (χ2n) is 5.19. The molecule has 0 aromatic heterocycles. The molecule has 0 amide bonds. The summed E-state index contributed by atoms with van der Waals surface area (Å²) in [5, 5.41) is 6.11. The Kier molecular flexibility index (Phi) is 6.54. The van der Waals surface area contributed by atoms with E-state index in [-0.39, 0.29) is 12.1 Å². The number of aliphatic imine (C=N–C) groups is 1. The Balaban J connectivity index is 1.83. The van der Waals surface area contributed by atoms with Crippen LogP contribution >= 0.6 is 0 Å². The molecule has 4 nitrogen and oxygen atoms in total. The number of hydrogen-bond acceptors (Lipinski definition) is 2. The van der Waals surface area contributed by atoms with Crippen LogP contribution in [0.5, 0.6) is 5.75 Å². The van der Waals surface area contributed by atoms with Crippen LogP contribution in [0, 0.1) is 11.6 Å². The zero-order chi connectivity index (χ0) is 17.4. The lowest BCUT2D eigenvalue weighted by atomic mass is 10.1. The van der Waals surface area contributed by atoms with Crippen LogP contribution in [0.15, 0.2) is 47.5 Å². The van der Waals surface area contributed by atoms with Gasteiger partial charge in [0.2, 0.25) is 0 Å². The van der Waals surface area contributed by atoms with Crippen molar-refractivity contribution in [1.29, 1.82) is 0 Å². The molecule has 2 N–H and O–H groups in total. The maximum atomic E-state index is 13.6. The third-order valence-corrected chi connectivity index (χ3v) is 3.52. The Bertz CT molecular complexity index is 704. The minimum Gasteiger partial charge on any atom is -0.497 e. The molecule has 2 rings (SSSR count). The van der Waals surface area contributed by atoms with Crippen molar-refractivity contribution in [3.05, 3.63) is 65.2 Å². The van der Waals surface area contributed by atoms with Crippen LogP contribution in [-0.4, -0.2) is 26.7 Å². The smallest absolute Gasteiger partial charge is 0.191 e. The molecule has 0 saturated carbocycles. The average Bonchev–Trinajstić information content (AvgIpc) is 2.60. The predicted octanol–water partition coefficient (Wildman–Crippen LogP) is 2.88. The summed E-state index contributed by atoms with van der Waals surface area (Å²) >= 11 is 0. The zero-order valence-electron chi connectivity index (χ0n) is 13.8. The highest BCUT2D eigenvalue weighted by molar-refractivity contribution is 5.79. The summed E-state index contributed by atoms with van der Waals surface area (Å²) in [6, 6.07) is 11.2. The van der Waals surface area contributed by atoms with E-state index in [4.69, 9.17) is 4.74 Å². The van der Waals surface area contributed by atoms with Crippen LogP contribution in [0.1, 0.15) is 11.1 Å². The fourth-order valence-corrected chi connectivity index (χ4v) is 2.23. The van der Waals surface area contributed by atoms with Crippen molar-refractivity contribution in [2.75, 3.05) is 20.7 Å². The van der Waals surface area contributed by atoms with E-state index in [2.05, 4.69) is 15.6 Å². The van der Waals surface area contributed by atoms with Gasteiger partial charge in [0, 0.05) is 25.7 Å². The van der Waals surface area contributed by atoms with E-state index in [0.29, 0.717) is 12.5 Å². The summed E-state index contributed by atoms with van der Waals surface area (Å²) in [4.78, 5) is 4.07. The molecule has 0 heterocycles.